The fraction of sp³-hybridized carbons (Fsp3) is 0.633. The van der Waals surface area contributed by atoms with E-state index in [4.69, 9.17) is 0 Å². The van der Waals surface area contributed by atoms with Gasteiger partial charge in [0.25, 0.3) is 0 Å². The Morgan fingerprint density at radius 3 is 2.37 bits per heavy atom. The zero-order valence-electron chi connectivity index (χ0n) is 24.3. The van der Waals surface area contributed by atoms with Crippen LogP contribution in [0.25, 0.3) is 0 Å². The highest BCUT2D eigenvalue weighted by Gasteiger charge is 2.51. The second kappa shape index (κ2) is 10.7. The first-order valence-corrected chi connectivity index (χ1v) is 16.0. The van der Waals surface area contributed by atoms with Gasteiger partial charge in [-0.25, -0.2) is 13.4 Å². The van der Waals surface area contributed by atoms with Crippen molar-refractivity contribution in [1.29, 1.82) is 0 Å². The number of rotatable bonds is 6. The van der Waals surface area contributed by atoms with E-state index in [1.165, 1.54) is 6.07 Å². The highest BCUT2D eigenvalue weighted by molar-refractivity contribution is 7.92. The van der Waals surface area contributed by atoms with Crippen molar-refractivity contribution in [2.75, 3.05) is 36.4 Å². The van der Waals surface area contributed by atoms with Crippen molar-refractivity contribution >= 4 is 27.0 Å². The van der Waals surface area contributed by atoms with Crippen molar-refractivity contribution in [1.82, 2.24) is 9.88 Å². The van der Waals surface area contributed by atoms with Gasteiger partial charge in [0.05, 0.1) is 27.0 Å². The number of aryl methyl sites for hydroxylation is 1. The highest BCUT2D eigenvalue weighted by atomic mass is 32.2. The van der Waals surface area contributed by atoms with Crippen LogP contribution in [0.5, 0.6) is 0 Å². The number of hydrogen-bond acceptors (Lipinski definition) is 7. The third-order valence-electron chi connectivity index (χ3n) is 9.34. The van der Waals surface area contributed by atoms with Crippen LogP contribution >= 0.6 is 0 Å². The first kappa shape index (κ1) is 30.1. The van der Waals surface area contributed by atoms with Crippen LogP contribution in [0.1, 0.15) is 70.4 Å². The number of anilines is 3. The summed E-state index contributed by atoms with van der Waals surface area (Å²) >= 11 is 0. The minimum absolute atomic E-state index is 0.0371. The fourth-order valence-electron chi connectivity index (χ4n) is 6.75. The lowest BCUT2D eigenvalue weighted by Gasteiger charge is -2.52. The summed E-state index contributed by atoms with van der Waals surface area (Å²) in [6.45, 7) is 10.3. The topological polar surface area (TPSA) is 85.8 Å². The molecule has 226 valence electrons. The molecular weight excluding hydrogens is 553 g/mol. The van der Waals surface area contributed by atoms with Gasteiger partial charge in [-0.05, 0) is 108 Å². The molecule has 2 aliphatic heterocycles. The van der Waals surface area contributed by atoms with E-state index in [0.717, 1.165) is 32.1 Å². The Morgan fingerprint density at radius 1 is 1.10 bits per heavy atom. The predicted octanol–water partition coefficient (Wildman–Crippen LogP) is 5.93. The number of likely N-dealkylation sites (tertiary alicyclic amines) is 1. The molecule has 1 saturated carbocycles. The number of nitrogens with zero attached hydrogens (tertiary/aromatic N) is 3. The Morgan fingerprint density at radius 2 is 1.78 bits per heavy atom. The van der Waals surface area contributed by atoms with E-state index in [-0.39, 0.29) is 33.6 Å². The summed E-state index contributed by atoms with van der Waals surface area (Å²) < 4.78 is 68.4. The number of aromatic nitrogens is 1. The molecule has 0 amide bonds. The lowest BCUT2D eigenvalue weighted by Crippen LogP contribution is -2.52. The van der Waals surface area contributed by atoms with Gasteiger partial charge in [-0.2, -0.15) is 13.2 Å². The second-order valence-electron chi connectivity index (χ2n) is 12.9. The van der Waals surface area contributed by atoms with Crippen molar-refractivity contribution in [3.8, 4) is 0 Å². The van der Waals surface area contributed by atoms with Gasteiger partial charge >= 0.3 is 6.18 Å². The van der Waals surface area contributed by atoms with E-state index in [2.05, 4.69) is 29.0 Å². The molecule has 2 aromatic rings. The maximum Gasteiger partial charge on any atom is 0.419 e. The van der Waals surface area contributed by atoms with Crippen molar-refractivity contribution in [2.24, 2.45) is 5.41 Å². The third kappa shape index (κ3) is 6.22. The molecule has 2 saturated heterocycles. The molecule has 3 aliphatic rings. The molecular formula is C30H41F3N4O3S. The number of alkyl halides is 3. The van der Waals surface area contributed by atoms with Crippen molar-refractivity contribution in [2.45, 2.75) is 94.2 Å². The van der Waals surface area contributed by atoms with Crippen LogP contribution in [0.2, 0.25) is 0 Å². The lowest BCUT2D eigenvalue weighted by molar-refractivity contribution is -0.137. The first-order valence-electron chi connectivity index (χ1n) is 14.5. The number of benzene rings is 1. The highest BCUT2D eigenvalue weighted by Crippen LogP contribution is 2.53. The van der Waals surface area contributed by atoms with Gasteiger partial charge in [-0.3, -0.25) is 0 Å². The zero-order valence-corrected chi connectivity index (χ0v) is 25.1. The van der Waals surface area contributed by atoms with Crippen LogP contribution in [0.4, 0.5) is 30.4 Å². The van der Waals surface area contributed by atoms with Gasteiger partial charge in [0.2, 0.25) is 0 Å². The van der Waals surface area contributed by atoms with Gasteiger partial charge in [-0.15, -0.1) is 0 Å². The molecule has 0 bridgehead atoms. The molecule has 1 aliphatic carbocycles. The van der Waals surface area contributed by atoms with E-state index in [1.807, 2.05) is 0 Å². The van der Waals surface area contributed by atoms with Crippen LogP contribution in [-0.4, -0.2) is 66.5 Å². The molecule has 1 aromatic carbocycles. The van der Waals surface area contributed by atoms with E-state index >= 15 is 0 Å². The maximum absolute atomic E-state index is 13.8. The molecule has 5 rings (SSSR count). The monoisotopic (exact) mass is 594 g/mol. The molecule has 0 radical (unpaired) electrons. The number of halogens is 3. The normalized spacial score (nSPS) is 24.1. The molecule has 7 nitrogen and oxygen atoms in total. The Hall–Kier alpha value is -2.37. The average Bonchev–Trinajstić information content (AvgIpc) is 2.87. The summed E-state index contributed by atoms with van der Waals surface area (Å²) in [6.07, 6.45) is 0.780. The minimum Gasteiger partial charge on any atom is -0.388 e. The number of pyridine rings is 1. The molecule has 2 N–H and O–H groups in total. The Labute approximate surface area is 241 Å². The number of β-amino-alcohol motifs (C(OH)–C–C–N with tert-alkyl or cyclic N) is 1. The van der Waals surface area contributed by atoms with Gasteiger partial charge in [0.1, 0.15) is 5.82 Å². The van der Waals surface area contributed by atoms with Crippen molar-refractivity contribution < 1.29 is 26.7 Å². The standard InChI is InChI=1S/C30H41F3N4O3S/c1-20(2)36-12-9-29(10-13-36)16-23(17-29)41(39,40)22-6-7-25(21(3)14-22)35-27-15-26(24(18-34-27)30(31,32)33)37-11-5-8-28(4,38)19-37/h6-7,14-15,18,20,23,38H,5,8-13,16-17,19H2,1-4H3,(H,34,35)/t28-/m0/s1. The number of piperidine rings is 2. The van der Waals surface area contributed by atoms with Crippen LogP contribution < -0.4 is 10.2 Å². The SMILES string of the molecule is Cc1cc(S(=O)(=O)C2CC3(CCN(C(C)C)CC3)C2)ccc1Nc1cc(N2CCC[C@](C)(O)C2)c(C(F)(F)F)cn1. The Bertz CT molecular complexity index is 1380. The van der Waals surface area contributed by atoms with E-state index in [1.54, 1.807) is 36.9 Å². The van der Waals surface area contributed by atoms with E-state index in [9.17, 15) is 26.7 Å². The Balaban J connectivity index is 1.31. The van der Waals surface area contributed by atoms with Gasteiger partial charge in [-0.1, -0.05) is 0 Å². The first-order chi connectivity index (χ1) is 19.1. The molecule has 1 aromatic heterocycles. The van der Waals surface area contributed by atoms with Gasteiger partial charge in [0, 0.05) is 37.1 Å². The van der Waals surface area contributed by atoms with Crippen molar-refractivity contribution in [3.05, 3.63) is 41.6 Å². The third-order valence-corrected chi connectivity index (χ3v) is 11.5. The summed E-state index contributed by atoms with van der Waals surface area (Å²) in [5.41, 5.74) is -0.611. The quantitative estimate of drug-likeness (QED) is 0.429. The van der Waals surface area contributed by atoms with Crippen LogP contribution in [0.3, 0.4) is 0 Å². The van der Waals surface area contributed by atoms with Crippen LogP contribution in [0.15, 0.2) is 35.4 Å². The van der Waals surface area contributed by atoms with Gasteiger partial charge < -0.3 is 20.2 Å². The maximum atomic E-state index is 13.8. The van der Waals surface area contributed by atoms with E-state index < -0.39 is 27.2 Å². The smallest absolute Gasteiger partial charge is 0.388 e. The molecule has 1 spiro atoms. The summed E-state index contributed by atoms with van der Waals surface area (Å²) in [5.74, 6) is 0.214. The average molecular weight is 595 g/mol. The molecule has 3 fully saturated rings. The lowest BCUT2D eigenvalue weighted by atomic mass is 9.63. The summed E-state index contributed by atoms with van der Waals surface area (Å²) in [7, 11) is -3.49. The predicted molar refractivity (Wildman–Crippen MR) is 154 cm³/mol. The molecule has 41 heavy (non-hydrogen) atoms. The summed E-state index contributed by atoms with van der Waals surface area (Å²) in [6, 6.07) is 6.73. The van der Waals surface area contributed by atoms with Crippen molar-refractivity contribution in [3.63, 3.8) is 0 Å². The van der Waals surface area contributed by atoms with E-state index in [0.29, 0.717) is 49.5 Å². The second-order valence-corrected chi connectivity index (χ2v) is 15.1. The van der Waals surface area contributed by atoms with Crippen LogP contribution in [-0.2, 0) is 16.0 Å². The number of aliphatic hydroxyl groups is 1. The number of hydrogen-bond donors (Lipinski definition) is 2. The summed E-state index contributed by atoms with van der Waals surface area (Å²) in [5, 5.41) is 13.2. The Kier molecular flexibility index (Phi) is 7.87. The van der Waals surface area contributed by atoms with Crippen LogP contribution in [0, 0.1) is 12.3 Å². The summed E-state index contributed by atoms with van der Waals surface area (Å²) in [4.78, 5) is 8.30. The molecule has 3 heterocycles. The number of nitrogens with one attached hydrogen (secondary N) is 1. The largest absolute Gasteiger partial charge is 0.419 e. The molecule has 1 atom stereocenters. The number of sulfone groups is 1. The zero-order chi connectivity index (χ0) is 29.8. The minimum atomic E-state index is -4.60. The van der Waals surface area contributed by atoms with Gasteiger partial charge in [0.15, 0.2) is 9.84 Å². The fourth-order valence-corrected chi connectivity index (χ4v) is 8.88. The molecule has 11 heteroatoms. The molecule has 0 unspecified atom stereocenters.